The van der Waals surface area contributed by atoms with E-state index < -0.39 is 22.4 Å². The van der Waals surface area contributed by atoms with Crippen molar-refractivity contribution in [3.8, 4) is 0 Å². The van der Waals surface area contributed by atoms with Crippen LogP contribution in [0.1, 0.15) is 29.6 Å². The van der Waals surface area contributed by atoms with Crippen molar-refractivity contribution in [2.24, 2.45) is 0 Å². The van der Waals surface area contributed by atoms with Crippen LogP contribution < -0.4 is 0 Å². The van der Waals surface area contributed by atoms with Crippen molar-refractivity contribution in [2.45, 2.75) is 31.3 Å². The standard InChI is InChI=1S/C15H17ClN2O5S/c16-14-12(2-1-6-17-14)15(20)23-8-13(19)18(10-3-4-10)11-5-7-24(21,22)9-11/h1-2,6,10-11H,3-5,7-9H2/t11-/m0/s1. The minimum absolute atomic E-state index is 0.0101. The average Bonchev–Trinajstić information content (AvgIpc) is 3.29. The number of nitrogens with zero attached hydrogens (tertiary/aromatic N) is 2. The smallest absolute Gasteiger partial charge is 0.341 e. The van der Waals surface area contributed by atoms with E-state index in [-0.39, 0.29) is 40.2 Å². The molecule has 1 saturated heterocycles. The summed E-state index contributed by atoms with van der Waals surface area (Å²) in [6, 6.07) is 2.74. The first-order valence-corrected chi connectivity index (χ1v) is 9.86. The summed E-state index contributed by atoms with van der Waals surface area (Å²) in [5, 5.41) is 0.0101. The number of rotatable bonds is 5. The molecule has 0 unspecified atom stereocenters. The Morgan fingerprint density at radius 2 is 2.04 bits per heavy atom. The Bertz CT molecular complexity index is 763. The molecule has 0 N–H and O–H groups in total. The molecule has 1 aliphatic heterocycles. The van der Waals surface area contributed by atoms with Gasteiger partial charge in [-0.2, -0.15) is 0 Å². The summed E-state index contributed by atoms with van der Waals surface area (Å²) in [5.41, 5.74) is 0.0911. The lowest BCUT2D eigenvalue weighted by molar-refractivity contribution is -0.137. The lowest BCUT2D eigenvalue weighted by atomic mass is 10.2. The zero-order chi connectivity index (χ0) is 17.3. The molecule has 1 aromatic heterocycles. The van der Waals surface area contributed by atoms with Crippen LogP contribution in [0.15, 0.2) is 18.3 Å². The molecule has 2 heterocycles. The highest BCUT2D eigenvalue weighted by Gasteiger charge is 2.42. The minimum atomic E-state index is -3.09. The first-order valence-electron chi connectivity index (χ1n) is 7.66. The Kier molecular flexibility index (Phi) is 4.78. The number of aromatic nitrogens is 1. The fourth-order valence-corrected chi connectivity index (χ4v) is 4.78. The maximum atomic E-state index is 12.4. The number of esters is 1. The number of ether oxygens (including phenoxy) is 1. The maximum Gasteiger partial charge on any atom is 0.341 e. The number of carbonyl (C=O) groups is 2. The van der Waals surface area contributed by atoms with Crippen LogP contribution in [-0.4, -0.2) is 60.4 Å². The SMILES string of the molecule is O=C(OCC(=O)N(C1CC1)[C@H]1CCS(=O)(=O)C1)c1cccnc1Cl. The van der Waals surface area contributed by atoms with Crippen molar-refractivity contribution in [3.63, 3.8) is 0 Å². The van der Waals surface area contributed by atoms with Gasteiger partial charge in [0.2, 0.25) is 0 Å². The second-order valence-electron chi connectivity index (χ2n) is 6.01. The predicted molar refractivity (Wildman–Crippen MR) is 86.5 cm³/mol. The molecule has 0 bridgehead atoms. The zero-order valence-electron chi connectivity index (χ0n) is 12.9. The summed E-state index contributed by atoms with van der Waals surface area (Å²) < 4.78 is 28.3. The summed E-state index contributed by atoms with van der Waals surface area (Å²) in [5.74, 6) is -1.01. The Hall–Kier alpha value is -1.67. The van der Waals surface area contributed by atoms with Gasteiger partial charge in [0.1, 0.15) is 5.15 Å². The topological polar surface area (TPSA) is 93.6 Å². The van der Waals surface area contributed by atoms with Crippen molar-refractivity contribution in [2.75, 3.05) is 18.1 Å². The zero-order valence-corrected chi connectivity index (χ0v) is 14.4. The molecule has 1 atom stereocenters. The van der Waals surface area contributed by atoms with Gasteiger partial charge in [-0.05, 0) is 31.4 Å². The van der Waals surface area contributed by atoms with Gasteiger partial charge in [-0.3, -0.25) is 4.79 Å². The van der Waals surface area contributed by atoms with Crippen molar-refractivity contribution >= 4 is 33.3 Å². The minimum Gasteiger partial charge on any atom is -0.452 e. The molecule has 9 heteroatoms. The largest absolute Gasteiger partial charge is 0.452 e. The monoisotopic (exact) mass is 372 g/mol. The highest BCUT2D eigenvalue weighted by molar-refractivity contribution is 7.91. The molecule has 130 valence electrons. The molecular weight excluding hydrogens is 356 g/mol. The molecule has 1 aliphatic carbocycles. The molecular formula is C15H17ClN2O5S. The van der Waals surface area contributed by atoms with Gasteiger partial charge in [0, 0.05) is 18.3 Å². The Labute approximate surface area is 144 Å². The first kappa shape index (κ1) is 17.2. The van der Waals surface area contributed by atoms with Crippen LogP contribution in [0.4, 0.5) is 0 Å². The van der Waals surface area contributed by atoms with E-state index in [0.29, 0.717) is 6.42 Å². The molecule has 7 nitrogen and oxygen atoms in total. The summed E-state index contributed by atoms with van der Waals surface area (Å²) in [7, 11) is -3.09. The van der Waals surface area contributed by atoms with Gasteiger partial charge < -0.3 is 9.64 Å². The van der Waals surface area contributed by atoms with Crippen molar-refractivity contribution in [3.05, 3.63) is 29.0 Å². The second-order valence-corrected chi connectivity index (χ2v) is 8.59. The summed E-state index contributed by atoms with van der Waals surface area (Å²) in [6.07, 6.45) is 3.59. The van der Waals surface area contributed by atoms with Crippen molar-refractivity contribution in [1.29, 1.82) is 0 Å². The van der Waals surface area contributed by atoms with Crippen molar-refractivity contribution in [1.82, 2.24) is 9.88 Å². The number of hydrogen-bond acceptors (Lipinski definition) is 6. The van der Waals surface area contributed by atoms with Gasteiger partial charge >= 0.3 is 5.97 Å². The van der Waals surface area contributed by atoms with Crippen LogP contribution in [0, 0.1) is 0 Å². The average molecular weight is 373 g/mol. The number of amides is 1. The van der Waals surface area contributed by atoms with E-state index in [1.165, 1.54) is 12.3 Å². The number of hydrogen-bond donors (Lipinski definition) is 0. The van der Waals surface area contributed by atoms with E-state index in [4.69, 9.17) is 16.3 Å². The highest BCUT2D eigenvalue weighted by atomic mass is 35.5. The van der Waals surface area contributed by atoms with E-state index >= 15 is 0 Å². The van der Waals surface area contributed by atoms with E-state index in [1.807, 2.05) is 0 Å². The molecule has 0 spiro atoms. The first-order chi connectivity index (χ1) is 11.4. The molecule has 2 fully saturated rings. The number of halogens is 1. The fourth-order valence-electron chi connectivity index (χ4n) is 2.87. The number of pyridine rings is 1. The number of sulfone groups is 1. The van der Waals surface area contributed by atoms with Gasteiger partial charge in [-0.1, -0.05) is 11.6 Å². The van der Waals surface area contributed by atoms with Crippen LogP contribution in [0.5, 0.6) is 0 Å². The predicted octanol–water partition coefficient (Wildman–Crippen LogP) is 1.07. The fraction of sp³-hybridized carbons (Fsp3) is 0.533. The molecule has 1 amide bonds. The summed E-state index contributed by atoms with van der Waals surface area (Å²) in [4.78, 5) is 29.8. The van der Waals surface area contributed by atoms with Crippen LogP contribution in [0.3, 0.4) is 0 Å². The molecule has 1 aromatic rings. The van der Waals surface area contributed by atoms with E-state index in [2.05, 4.69) is 4.98 Å². The van der Waals surface area contributed by atoms with Gasteiger partial charge in [-0.25, -0.2) is 18.2 Å². The van der Waals surface area contributed by atoms with Gasteiger partial charge in [0.05, 0.1) is 17.1 Å². The van der Waals surface area contributed by atoms with Gasteiger partial charge in [0.15, 0.2) is 16.4 Å². The van der Waals surface area contributed by atoms with Crippen LogP contribution in [0.2, 0.25) is 5.15 Å². The molecule has 24 heavy (non-hydrogen) atoms. The molecule has 2 aliphatic rings. The normalized spacial score (nSPS) is 22.1. The third-order valence-electron chi connectivity index (χ3n) is 4.14. The molecule has 0 radical (unpaired) electrons. The number of carbonyl (C=O) groups excluding carboxylic acids is 2. The van der Waals surface area contributed by atoms with Crippen molar-refractivity contribution < 1.29 is 22.7 Å². The van der Waals surface area contributed by atoms with Gasteiger partial charge in [0.25, 0.3) is 5.91 Å². The van der Waals surface area contributed by atoms with E-state index in [9.17, 15) is 18.0 Å². The molecule has 0 aromatic carbocycles. The Morgan fingerprint density at radius 1 is 1.29 bits per heavy atom. The van der Waals surface area contributed by atoms with E-state index in [1.54, 1.807) is 11.0 Å². The molecule has 3 rings (SSSR count). The Morgan fingerprint density at radius 3 is 2.62 bits per heavy atom. The van der Waals surface area contributed by atoms with Gasteiger partial charge in [-0.15, -0.1) is 0 Å². The maximum absolute atomic E-state index is 12.4. The second kappa shape index (κ2) is 6.68. The van der Waals surface area contributed by atoms with Crippen LogP contribution >= 0.6 is 11.6 Å². The quantitative estimate of drug-likeness (QED) is 0.567. The lowest BCUT2D eigenvalue weighted by Crippen LogP contribution is -2.44. The molecule has 1 saturated carbocycles. The third-order valence-corrected chi connectivity index (χ3v) is 6.19. The van der Waals surface area contributed by atoms with Crippen LogP contribution in [-0.2, 0) is 19.4 Å². The highest BCUT2D eigenvalue weighted by Crippen LogP contribution is 2.32. The summed E-state index contributed by atoms with van der Waals surface area (Å²) >= 11 is 5.82. The van der Waals surface area contributed by atoms with E-state index in [0.717, 1.165) is 12.8 Å². The Balaban J connectivity index is 1.63. The lowest BCUT2D eigenvalue weighted by Gasteiger charge is -2.28. The van der Waals surface area contributed by atoms with Crippen LogP contribution in [0.25, 0.3) is 0 Å². The third kappa shape index (κ3) is 3.87. The summed E-state index contributed by atoms with van der Waals surface area (Å²) in [6.45, 7) is -0.433.